The number of hydrogen-bond donors (Lipinski definition) is 0. The average molecular weight is 267 g/mol. The first-order valence-electron chi connectivity index (χ1n) is 7.49. The van der Waals surface area contributed by atoms with E-state index in [-0.39, 0.29) is 30.4 Å². The maximum atomic E-state index is 12.6. The smallest absolute Gasteiger partial charge is 0.325 e. The molecule has 3 atom stereocenters. The quantitative estimate of drug-likeness (QED) is 0.718. The Morgan fingerprint density at radius 1 is 1.26 bits per heavy atom. The molecule has 2 saturated carbocycles. The molecular formula is C15H25NO3. The van der Waals surface area contributed by atoms with Gasteiger partial charge in [-0.2, -0.15) is 0 Å². The van der Waals surface area contributed by atoms with E-state index in [1.807, 2.05) is 13.8 Å². The van der Waals surface area contributed by atoms with Gasteiger partial charge in [-0.15, -0.1) is 0 Å². The molecule has 0 aliphatic heterocycles. The number of amides is 1. The van der Waals surface area contributed by atoms with E-state index in [1.54, 1.807) is 11.8 Å². The Kier molecular flexibility index (Phi) is 4.48. The predicted molar refractivity (Wildman–Crippen MR) is 72.4 cm³/mol. The molecule has 0 aromatic carbocycles. The second kappa shape index (κ2) is 5.93. The molecule has 0 radical (unpaired) electrons. The van der Waals surface area contributed by atoms with Gasteiger partial charge in [-0.05, 0) is 51.9 Å². The lowest BCUT2D eigenvalue weighted by Gasteiger charge is -2.31. The van der Waals surface area contributed by atoms with Crippen LogP contribution in [0.4, 0.5) is 0 Å². The fourth-order valence-electron chi connectivity index (χ4n) is 3.62. The molecule has 0 aromatic heterocycles. The Labute approximate surface area is 115 Å². The standard InChI is InChI=1S/C15H25NO3/c1-4-19-14(17)9-16(10(2)3)15(18)13-8-11-5-6-12(13)7-11/h10-13H,4-9H2,1-3H3. The van der Waals surface area contributed by atoms with Crippen molar-refractivity contribution in [3.63, 3.8) is 0 Å². The SMILES string of the molecule is CCOC(=O)CN(C(=O)C1CC2CCC1C2)C(C)C. The molecule has 0 spiro atoms. The van der Waals surface area contributed by atoms with Crippen LogP contribution in [0.25, 0.3) is 0 Å². The number of ether oxygens (including phenoxy) is 1. The second-order valence-corrected chi connectivity index (χ2v) is 6.15. The van der Waals surface area contributed by atoms with E-state index in [4.69, 9.17) is 4.74 Å². The third-order valence-corrected chi connectivity index (χ3v) is 4.57. The van der Waals surface area contributed by atoms with E-state index in [0.29, 0.717) is 12.5 Å². The highest BCUT2D eigenvalue weighted by Crippen LogP contribution is 2.48. The minimum Gasteiger partial charge on any atom is -0.465 e. The summed E-state index contributed by atoms with van der Waals surface area (Å²) in [6.45, 7) is 6.18. The zero-order chi connectivity index (χ0) is 14.0. The maximum absolute atomic E-state index is 12.6. The van der Waals surface area contributed by atoms with Crippen molar-refractivity contribution in [2.45, 2.75) is 52.5 Å². The largest absolute Gasteiger partial charge is 0.465 e. The Hall–Kier alpha value is -1.06. The summed E-state index contributed by atoms with van der Waals surface area (Å²) in [6.07, 6.45) is 4.71. The van der Waals surface area contributed by atoms with Crippen molar-refractivity contribution in [3.8, 4) is 0 Å². The second-order valence-electron chi connectivity index (χ2n) is 6.15. The molecule has 2 rings (SSSR count). The fraction of sp³-hybridized carbons (Fsp3) is 0.867. The zero-order valence-electron chi connectivity index (χ0n) is 12.2. The van der Waals surface area contributed by atoms with Crippen LogP contribution >= 0.6 is 0 Å². The number of fused-ring (bicyclic) bond motifs is 2. The third kappa shape index (κ3) is 3.10. The van der Waals surface area contributed by atoms with Gasteiger partial charge in [0.05, 0.1) is 6.61 Å². The molecule has 1 amide bonds. The summed E-state index contributed by atoms with van der Waals surface area (Å²) < 4.78 is 4.96. The van der Waals surface area contributed by atoms with E-state index in [0.717, 1.165) is 12.3 Å². The van der Waals surface area contributed by atoms with Gasteiger partial charge in [0.15, 0.2) is 0 Å². The summed E-state index contributed by atoms with van der Waals surface area (Å²) in [5.41, 5.74) is 0. The predicted octanol–water partition coefficient (Wildman–Crippen LogP) is 2.22. The van der Waals surface area contributed by atoms with Gasteiger partial charge >= 0.3 is 5.97 Å². The van der Waals surface area contributed by atoms with Crippen LogP contribution in [0.1, 0.15) is 46.5 Å². The van der Waals surface area contributed by atoms with Crippen LogP contribution in [0.5, 0.6) is 0 Å². The van der Waals surface area contributed by atoms with Gasteiger partial charge in [0, 0.05) is 12.0 Å². The monoisotopic (exact) mass is 267 g/mol. The van der Waals surface area contributed by atoms with E-state index in [9.17, 15) is 9.59 Å². The molecule has 2 bridgehead atoms. The van der Waals surface area contributed by atoms with E-state index >= 15 is 0 Å². The van der Waals surface area contributed by atoms with Crippen LogP contribution in [0, 0.1) is 17.8 Å². The van der Waals surface area contributed by atoms with Crippen molar-refractivity contribution in [1.29, 1.82) is 0 Å². The van der Waals surface area contributed by atoms with Crippen LogP contribution in [-0.2, 0) is 14.3 Å². The van der Waals surface area contributed by atoms with Crippen molar-refractivity contribution in [2.24, 2.45) is 17.8 Å². The first-order valence-corrected chi connectivity index (χ1v) is 7.49. The summed E-state index contributed by atoms with van der Waals surface area (Å²) in [5.74, 6) is 1.31. The van der Waals surface area contributed by atoms with Gasteiger partial charge in [-0.3, -0.25) is 9.59 Å². The molecule has 0 N–H and O–H groups in total. The van der Waals surface area contributed by atoms with Crippen molar-refractivity contribution < 1.29 is 14.3 Å². The lowest BCUT2D eigenvalue weighted by Crippen LogP contribution is -2.45. The van der Waals surface area contributed by atoms with Gasteiger partial charge in [0.1, 0.15) is 6.54 Å². The number of hydrogen-bond acceptors (Lipinski definition) is 3. The zero-order valence-corrected chi connectivity index (χ0v) is 12.2. The highest BCUT2D eigenvalue weighted by atomic mass is 16.5. The van der Waals surface area contributed by atoms with Gasteiger partial charge < -0.3 is 9.64 Å². The molecule has 4 nitrogen and oxygen atoms in total. The van der Waals surface area contributed by atoms with Crippen LogP contribution in [0.3, 0.4) is 0 Å². The number of rotatable bonds is 5. The van der Waals surface area contributed by atoms with Crippen molar-refractivity contribution in [3.05, 3.63) is 0 Å². The van der Waals surface area contributed by atoms with Gasteiger partial charge in [0.2, 0.25) is 5.91 Å². The molecular weight excluding hydrogens is 242 g/mol. The first-order chi connectivity index (χ1) is 9.02. The summed E-state index contributed by atoms with van der Waals surface area (Å²) in [5, 5.41) is 0. The number of carbonyl (C=O) groups is 2. The van der Waals surface area contributed by atoms with E-state index in [1.165, 1.54) is 19.3 Å². The molecule has 19 heavy (non-hydrogen) atoms. The van der Waals surface area contributed by atoms with Crippen LogP contribution in [-0.4, -0.2) is 36.0 Å². The van der Waals surface area contributed by atoms with Crippen molar-refractivity contribution in [1.82, 2.24) is 4.90 Å². The number of nitrogens with zero attached hydrogens (tertiary/aromatic N) is 1. The Balaban J connectivity index is 1.98. The molecule has 108 valence electrons. The Morgan fingerprint density at radius 3 is 2.47 bits per heavy atom. The average Bonchev–Trinajstić information content (AvgIpc) is 2.97. The van der Waals surface area contributed by atoms with Gasteiger partial charge in [0.25, 0.3) is 0 Å². The lowest BCUT2D eigenvalue weighted by atomic mass is 9.87. The van der Waals surface area contributed by atoms with Crippen LogP contribution in [0.2, 0.25) is 0 Å². The van der Waals surface area contributed by atoms with E-state index < -0.39 is 0 Å². The number of esters is 1. The minimum atomic E-state index is -0.298. The van der Waals surface area contributed by atoms with Crippen molar-refractivity contribution >= 4 is 11.9 Å². The maximum Gasteiger partial charge on any atom is 0.325 e. The summed E-state index contributed by atoms with van der Waals surface area (Å²) in [4.78, 5) is 26.0. The van der Waals surface area contributed by atoms with E-state index in [2.05, 4.69) is 0 Å². The van der Waals surface area contributed by atoms with Crippen LogP contribution in [0.15, 0.2) is 0 Å². The minimum absolute atomic E-state index is 0.0519. The molecule has 0 aromatic rings. The molecule has 2 aliphatic carbocycles. The molecule has 3 unspecified atom stereocenters. The van der Waals surface area contributed by atoms with Crippen LogP contribution < -0.4 is 0 Å². The summed E-state index contributed by atoms with van der Waals surface area (Å²) >= 11 is 0. The topological polar surface area (TPSA) is 46.6 Å². The summed E-state index contributed by atoms with van der Waals surface area (Å²) in [7, 11) is 0. The molecule has 2 aliphatic rings. The fourth-order valence-corrected chi connectivity index (χ4v) is 3.62. The molecule has 0 saturated heterocycles. The highest BCUT2D eigenvalue weighted by Gasteiger charge is 2.44. The van der Waals surface area contributed by atoms with Gasteiger partial charge in [-0.1, -0.05) is 6.42 Å². The molecule has 0 heterocycles. The summed E-state index contributed by atoms with van der Waals surface area (Å²) in [6, 6.07) is 0.0519. The Bertz CT molecular complexity index is 353. The normalized spacial score (nSPS) is 28.7. The highest BCUT2D eigenvalue weighted by molar-refractivity contribution is 5.84. The molecule has 4 heteroatoms. The number of carbonyl (C=O) groups excluding carboxylic acids is 2. The van der Waals surface area contributed by atoms with Crippen molar-refractivity contribution in [2.75, 3.05) is 13.2 Å². The Morgan fingerprint density at radius 2 is 2.00 bits per heavy atom. The lowest BCUT2D eigenvalue weighted by molar-refractivity contribution is -0.152. The first kappa shape index (κ1) is 14.4. The van der Waals surface area contributed by atoms with Gasteiger partial charge in [-0.25, -0.2) is 0 Å². The third-order valence-electron chi connectivity index (χ3n) is 4.57. The molecule has 2 fully saturated rings.